The molecule has 0 saturated heterocycles. The van der Waals surface area contributed by atoms with Crippen LogP contribution in [0.5, 0.6) is 5.75 Å². The molecule has 11 nitrogen and oxygen atoms in total. The molecule has 13 heteroatoms. The van der Waals surface area contributed by atoms with Crippen molar-refractivity contribution in [2.45, 2.75) is 39.3 Å². The summed E-state index contributed by atoms with van der Waals surface area (Å²) < 4.78 is 31.5. The third kappa shape index (κ3) is 8.05. The molecule has 37 heavy (non-hydrogen) atoms. The zero-order valence-electron chi connectivity index (χ0n) is 21.1. The summed E-state index contributed by atoms with van der Waals surface area (Å²) in [5.74, 6) is -1.02. The minimum absolute atomic E-state index is 0.0116. The quantitative estimate of drug-likeness (QED) is 0.296. The van der Waals surface area contributed by atoms with E-state index in [0.29, 0.717) is 23.6 Å². The van der Waals surface area contributed by atoms with E-state index in [1.807, 2.05) is 6.92 Å². The molecule has 0 unspecified atom stereocenters. The minimum atomic E-state index is -4.10. The van der Waals surface area contributed by atoms with Gasteiger partial charge in [-0.05, 0) is 36.6 Å². The Morgan fingerprint density at radius 3 is 2.32 bits per heavy atom. The molecule has 1 N–H and O–H groups in total. The Hall–Kier alpha value is -3.38. The van der Waals surface area contributed by atoms with Crippen LogP contribution in [-0.4, -0.2) is 62.6 Å². The van der Waals surface area contributed by atoms with Gasteiger partial charge in [0.25, 0.3) is 5.69 Å². The number of ether oxygens (including phenoxy) is 1. The van der Waals surface area contributed by atoms with Gasteiger partial charge in [0.15, 0.2) is 0 Å². The van der Waals surface area contributed by atoms with Gasteiger partial charge in [0.2, 0.25) is 21.8 Å². The third-order valence-corrected chi connectivity index (χ3v) is 6.90. The first-order valence-electron chi connectivity index (χ1n) is 11.5. The van der Waals surface area contributed by atoms with Crippen molar-refractivity contribution in [3.8, 4) is 5.75 Å². The highest BCUT2D eigenvalue weighted by molar-refractivity contribution is 7.92. The molecule has 0 saturated carbocycles. The van der Waals surface area contributed by atoms with E-state index in [2.05, 4.69) is 5.32 Å². The third-order valence-electron chi connectivity index (χ3n) is 5.52. The van der Waals surface area contributed by atoms with Crippen LogP contribution in [0.25, 0.3) is 0 Å². The molecule has 0 radical (unpaired) electrons. The van der Waals surface area contributed by atoms with Gasteiger partial charge in [-0.2, -0.15) is 0 Å². The second-order valence-corrected chi connectivity index (χ2v) is 10.6. The molecule has 0 spiro atoms. The highest BCUT2D eigenvalue weighted by Gasteiger charge is 2.33. The Balaban J connectivity index is 2.54. The fourth-order valence-corrected chi connectivity index (χ4v) is 4.62. The highest BCUT2D eigenvalue weighted by Crippen LogP contribution is 2.34. The maximum Gasteiger partial charge on any atom is 0.271 e. The Morgan fingerprint density at radius 1 is 1.16 bits per heavy atom. The van der Waals surface area contributed by atoms with Crippen LogP contribution >= 0.6 is 11.6 Å². The zero-order valence-corrected chi connectivity index (χ0v) is 22.7. The molecule has 0 heterocycles. The Bertz CT molecular complexity index is 1220. The van der Waals surface area contributed by atoms with Crippen LogP contribution in [0.1, 0.15) is 32.3 Å². The van der Waals surface area contributed by atoms with Crippen molar-refractivity contribution in [2.24, 2.45) is 0 Å². The number of nitrogens with one attached hydrogen (secondary N) is 1. The van der Waals surface area contributed by atoms with Gasteiger partial charge in [0.05, 0.1) is 18.3 Å². The van der Waals surface area contributed by atoms with Crippen molar-refractivity contribution in [3.05, 3.63) is 63.2 Å². The van der Waals surface area contributed by atoms with Crippen LogP contribution in [0, 0.1) is 10.1 Å². The number of carbonyl (C=O) groups excluding carboxylic acids is 2. The smallest absolute Gasteiger partial charge is 0.271 e. The van der Waals surface area contributed by atoms with E-state index in [1.54, 1.807) is 31.2 Å². The maximum atomic E-state index is 13.7. The summed E-state index contributed by atoms with van der Waals surface area (Å²) in [6.45, 7) is 3.36. The highest BCUT2D eigenvalue weighted by atomic mass is 35.5. The molecule has 2 aromatic rings. The van der Waals surface area contributed by atoms with Gasteiger partial charge in [-0.15, -0.1) is 0 Å². The van der Waals surface area contributed by atoms with E-state index in [0.717, 1.165) is 16.6 Å². The minimum Gasteiger partial charge on any atom is -0.495 e. The number of nitro benzene ring substituents is 1. The first-order chi connectivity index (χ1) is 17.4. The normalized spacial score (nSPS) is 11.9. The number of nitro groups is 1. The van der Waals surface area contributed by atoms with E-state index < -0.39 is 33.4 Å². The van der Waals surface area contributed by atoms with E-state index >= 15 is 0 Å². The molecule has 2 aromatic carbocycles. The fraction of sp³-hybridized carbons (Fsp3) is 0.417. The largest absolute Gasteiger partial charge is 0.495 e. The molecule has 0 aliphatic rings. The summed E-state index contributed by atoms with van der Waals surface area (Å²) in [5.41, 5.74) is 0.140. The van der Waals surface area contributed by atoms with Crippen molar-refractivity contribution in [2.75, 3.05) is 30.8 Å². The number of hydrogen-bond acceptors (Lipinski definition) is 7. The van der Waals surface area contributed by atoms with Crippen LogP contribution < -0.4 is 14.4 Å². The maximum absolute atomic E-state index is 13.7. The Labute approximate surface area is 221 Å². The van der Waals surface area contributed by atoms with Crippen molar-refractivity contribution in [1.29, 1.82) is 0 Å². The van der Waals surface area contributed by atoms with Crippen molar-refractivity contribution >= 4 is 44.8 Å². The van der Waals surface area contributed by atoms with E-state index in [9.17, 15) is 28.1 Å². The standard InChI is InChI=1S/C24H31ClN4O7S/c1-5-13-26-24(31)20(6-2)27(15-17-7-9-18(25)10-8-17)23(30)16-28(37(4,34)35)21-14-19(29(32)33)11-12-22(21)36-3/h7-12,14,20H,5-6,13,15-16H2,1-4H3,(H,26,31)/t20-/m1/s1. The second kappa shape index (κ2) is 13.2. The van der Waals surface area contributed by atoms with Gasteiger partial charge < -0.3 is 15.0 Å². The Morgan fingerprint density at radius 2 is 1.81 bits per heavy atom. The molecule has 2 amide bonds. The summed E-state index contributed by atoms with van der Waals surface area (Å²) >= 11 is 5.98. The van der Waals surface area contributed by atoms with Gasteiger partial charge in [-0.3, -0.25) is 24.0 Å². The van der Waals surface area contributed by atoms with Crippen LogP contribution in [0.3, 0.4) is 0 Å². The number of rotatable bonds is 13. The first kappa shape index (κ1) is 29.8. The predicted octanol–water partition coefficient (Wildman–Crippen LogP) is 3.36. The molecule has 2 rings (SSSR count). The number of nitrogens with zero attached hydrogens (tertiary/aromatic N) is 3. The molecular formula is C24H31ClN4O7S. The molecule has 0 aliphatic carbocycles. The number of non-ortho nitro benzene ring substituents is 1. The predicted molar refractivity (Wildman–Crippen MR) is 141 cm³/mol. The van der Waals surface area contributed by atoms with E-state index in [1.165, 1.54) is 24.1 Å². The number of sulfonamides is 1. The SMILES string of the molecule is CCCNC(=O)[C@@H](CC)N(Cc1ccc(Cl)cc1)C(=O)CN(c1cc([N+](=O)[O-])ccc1OC)S(C)(=O)=O. The molecule has 1 atom stereocenters. The average molecular weight is 555 g/mol. The van der Waals surface area contributed by atoms with Gasteiger partial charge >= 0.3 is 0 Å². The lowest BCUT2D eigenvalue weighted by Gasteiger charge is -2.33. The van der Waals surface area contributed by atoms with E-state index in [-0.39, 0.29) is 36.0 Å². The van der Waals surface area contributed by atoms with Crippen molar-refractivity contribution in [1.82, 2.24) is 10.2 Å². The lowest BCUT2D eigenvalue weighted by Crippen LogP contribution is -2.52. The number of benzene rings is 2. The molecular weight excluding hydrogens is 524 g/mol. The summed E-state index contributed by atoms with van der Waals surface area (Å²) in [5, 5.41) is 14.6. The molecule has 0 fully saturated rings. The summed E-state index contributed by atoms with van der Waals surface area (Å²) in [6, 6.07) is 9.28. The van der Waals surface area contributed by atoms with Crippen LogP contribution in [-0.2, 0) is 26.2 Å². The number of methoxy groups -OCH3 is 1. The van der Waals surface area contributed by atoms with Gasteiger partial charge in [0, 0.05) is 30.2 Å². The number of halogens is 1. The molecule has 202 valence electrons. The van der Waals surface area contributed by atoms with Crippen molar-refractivity contribution in [3.63, 3.8) is 0 Å². The molecule has 0 bridgehead atoms. The van der Waals surface area contributed by atoms with Crippen LogP contribution in [0.2, 0.25) is 5.02 Å². The number of anilines is 1. The zero-order chi connectivity index (χ0) is 27.8. The summed E-state index contributed by atoms with van der Waals surface area (Å²) in [6.07, 6.45) is 1.85. The number of amides is 2. The fourth-order valence-electron chi connectivity index (χ4n) is 3.65. The average Bonchev–Trinajstić information content (AvgIpc) is 2.85. The molecule has 0 aliphatic heterocycles. The lowest BCUT2D eigenvalue weighted by atomic mass is 10.1. The number of hydrogen-bond donors (Lipinski definition) is 1. The van der Waals surface area contributed by atoms with Crippen LogP contribution in [0.15, 0.2) is 42.5 Å². The van der Waals surface area contributed by atoms with E-state index in [4.69, 9.17) is 16.3 Å². The van der Waals surface area contributed by atoms with Crippen LogP contribution in [0.4, 0.5) is 11.4 Å². The topological polar surface area (TPSA) is 139 Å². The number of carbonyl (C=O) groups is 2. The molecule has 0 aromatic heterocycles. The Kier molecular flexibility index (Phi) is 10.7. The van der Waals surface area contributed by atoms with Crippen molar-refractivity contribution < 1.29 is 27.7 Å². The van der Waals surface area contributed by atoms with Gasteiger partial charge in [-0.25, -0.2) is 8.42 Å². The van der Waals surface area contributed by atoms with Gasteiger partial charge in [-0.1, -0.05) is 37.6 Å². The second-order valence-electron chi connectivity index (χ2n) is 8.25. The summed E-state index contributed by atoms with van der Waals surface area (Å²) in [7, 11) is -2.82. The van der Waals surface area contributed by atoms with Gasteiger partial charge in [0.1, 0.15) is 24.0 Å². The monoisotopic (exact) mass is 554 g/mol. The lowest BCUT2D eigenvalue weighted by molar-refractivity contribution is -0.384. The first-order valence-corrected chi connectivity index (χ1v) is 13.8. The summed E-state index contributed by atoms with van der Waals surface area (Å²) in [4.78, 5) is 38.6.